The highest BCUT2D eigenvalue weighted by atomic mass is 32.2. The molecule has 0 radical (unpaired) electrons. The minimum absolute atomic E-state index is 0.0142. The van der Waals surface area contributed by atoms with Gasteiger partial charge in [-0.3, -0.25) is 9.59 Å². The molecule has 11 heteroatoms. The Kier molecular flexibility index (Phi) is 8.39. The first-order valence-corrected chi connectivity index (χ1v) is 12.6. The zero-order valence-corrected chi connectivity index (χ0v) is 20.9. The molecule has 0 aliphatic carbocycles. The number of sulfonamides is 1. The number of hydrogen-bond acceptors (Lipinski definition) is 8. The number of nitrogens with one attached hydrogen (secondary N) is 1. The van der Waals surface area contributed by atoms with Crippen molar-refractivity contribution in [2.75, 3.05) is 21.3 Å². The van der Waals surface area contributed by atoms with Crippen LogP contribution in [-0.4, -0.2) is 40.8 Å². The summed E-state index contributed by atoms with van der Waals surface area (Å²) in [5.74, 6) is 0.667. The van der Waals surface area contributed by atoms with Crippen molar-refractivity contribution in [2.45, 2.75) is 16.3 Å². The van der Waals surface area contributed by atoms with Crippen molar-refractivity contribution in [1.82, 2.24) is 5.32 Å². The third-order valence-electron chi connectivity index (χ3n) is 4.94. The van der Waals surface area contributed by atoms with Gasteiger partial charge < -0.3 is 19.5 Å². The van der Waals surface area contributed by atoms with Gasteiger partial charge in [0.1, 0.15) is 0 Å². The van der Waals surface area contributed by atoms with Crippen LogP contribution in [0.4, 0.5) is 0 Å². The van der Waals surface area contributed by atoms with Gasteiger partial charge in [0.2, 0.25) is 20.9 Å². The summed E-state index contributed by atoms with van der Waals surface area (Å²) in [5.41, 5.74) is 1.32. The van der Waals surface area contributed by atoms with Crippen molar-refractivity contribution < 1.29 is 32.2 Å². The second-order valence-electron chi connectivity index (χ2n) is 7.17. The van der Waals surface area contributed by atoms with Crippen molar-refractivity contribution in [3.63, 3.8) is 0 Å². The molecule has 1 amide bonds. The molecule has 184 valence electrons. The highest BCUT2D eigenvalue weighted by molar-refractivity contribution is 8.14. The lowest BCUT2D eigenvalue weighted by molar-refractivity contribution is 0.0948. The van der Waals surface area contributed by atoms with Gasteiger partial charge >= 0.3 is 0 Å². The molecule has 0 spiro atoms. The van der Waals surface area contributed by atoms with Gasteiger partial charge in [0.05, 0.1) is 31.8 Å². The standard InChI is InChI=1S/C24H24N2O7S2/c1-31-19-12-16(13-20(32-2)22(19)33-3)24(28)34-21-7-5-4-6-18(21)23(27)26-14-15-8-10-17(11-9-15)35(25,29)30/h4-13H,14H2,1-3H3,(H,26,27)(H2,25,29,30). The molecule has 0 unspecified atom stereocenters. The summed E-state index contributed by atoms with van der Waals surface area (Å²) < 4.78 is 38.7. The summed E-state index contributed by atoms with van der Waals surface area (Å²) in [6, 6.07) is 15.7. The predicted molar refractivity (Wildman–Crippen MR) is 132 cm³/mol. The Bertz CT molecular complexity index is 1320. The van der Waals surface area contributed by atoms with Crippen molar-refractivity contribution in [2.24, 2.45) is 5.14 Å². The first kappa shape index (κ1) is 26.1. The Hall–Kier alpha value is -3.54. The van der Waals surface area contributed by atoms with E-state index in [1.807, 2.05) is 0 Å². The van der Waals surface area contributed by atoms with Gasteiger partial charge in [0.25, 0.3) is 5.91 Å². The fraction of sp³-hybridized carbons (Fsp3) is 0.167. The summed E-state index contributed by atoms with van der Waals surface area (Å²) in [5, 5.41) is 7.56. The van der Waals surface area contributed by atoms with Crippen LogP contribution < -0.4 is 24.7 Å². The normalized spacial score (nSPS) is 11.0. The number of thioether (sulfide) groups is 1. The van der Waals surface area contributed by atoms with Crippen LogP contribution in [-0.2, 0) is 16.6 Å². The summed E-state index contributed by atoms with van der Waals surface area (Å²) in [6.07, 6.45) is 0. The Balaban J connectivity index is 1.77. The molecule has 0 bridgehead atoms. The smallest absolute Gasteiger partial charge is 0.252 e. The van der Waals surface area contributed by atoms with Gasteiger partial charge in [-0.05, 0) is 53.7 Å². The zero-order chi connectivity index (χ0) is 25.6. The van der Waals surface area contributed by atoms with Gasteiger partial charge in [-0.15, -0.1) is 0 Å². The molecule has 3 rings (SSSR count). The average molecular weight is 517 g/mol. The molecular formula is C24H24N2O7S2. The number of nitrogens with two attached hydrogens (primary N) is 1. The van der Waals surface area contributed by atoms with E-state index in [1.165, 1.54) is 33.5 Å². The monoisotopic (exact) mass is 516 g/mol. The number of methoxy groups -OCH3 is 3. The number of benzene rings is 3. The number of rotatable bonds is 9. The van der Waals surface area contributed by atoms with Gasteiger partial charge in [-0.1, -0.05) is 24.3 Å². The molecule has 35 heavy (non-hydrogen) atoms. The summed E-state index contributed by atoms with van der Waals surface area (Å²) >= 11 is 0.898. The Morgan fingerprint density at radius 2 is 1.51 bits per heavy atom. The maximum Gasteiger partial charge on any atom is 0.252 e. The lowest BCUT2D eigenvalue weighted by atomic mass is 10.2. The highest BCUT2D eigenvalue weighted by Crippen LogP contribution is 2.39. The number of carbonyl (C=O) groups excluding carboxylic acids is 2. The highest BCUT2D eigenvalue weighted by Gasteiger charge is 2.20. The van der Waals surface area contributed by atoms with Crippen LogP contribution in [0.15, 0.2) is 70.5 Å². The summed E-state index contributed by atoms with van der Waals surface area (Å²) in [4.78, 5) is 26.3. The Morgan fingerprint density at radius 3 is 2.06 bits per heavy atom. The maximum absolute atomic E-state index is 13.0. The second kappa shape index (κ2) is 11.3. The molecule has 0 heterocycles. The molecule has 0 saturated carbocycles. The Morgan fingerprint density at radius 1 is 0.914 bits per heavy atom. The van der Waals surface area contributed by atoms with E-state index in [4.69, 9.17) is 19.3 Å². The molecule has 3 aromatic rings. The number of amides is 1. The predicted octanol–water partition coefficient (Wildman–Crippen LogP) is 3.22. The number of primary sulfonamides is 1. The van der Waals surface area contributed by atoms with Crippen LogP contribution in [0.2, 0.25) is 0 Å². The van der Waals surface area contributed by atoms with E-state index in [2.05, 4.69) is 5.32 Å². The second-order valence-corrected chi connectivity index (χ2v) is 9.75. The van der Waals surface area contributed by atoms with E-state index in [0.717, 1.165) is 11.8 Å². The first-order valence-electron chi connectivity index (χ1n) is 10.2. The molecule has 9 nitrogen and oxygen atoms in total. The average Bonchev–Trinajstić information content (AvgIpc) is 2.86. The molecule has 3 aromatic carbocycles. The number of ether oxygens (including phenoxy) is 3. The third kappa shape index (κ3) is 6.32. The third-order valence-corrected chi connectivity index (χ3v) is 6.87. The van der Waals surface area contributed by atoms with Crippen LogP contribution in [0.5, 0.6) is 17.2 Å². The molecule has 0 atom stereocenters. The fourth-order valence-electron chi connectivity index (χ4n) is 3.18. The van der Waals surface area contributed by atoms with Crippen molar-refractivity contribution >= 4 is 32.8 Å². The van der Waals surface area contributed by atoms with E-state index in [9.17, 15) is 18.0 Å². The minimum Gasteiger partial charge on any atom is -0.493 e. The quantitative estimate of drug-likeness (QED) is 0.414. The molecule has 0 aromatic heterocycles. The molecule has 0 aliphatic heterocycles. The van der Waals surface area contributed by atoms with Crippen LogP contribution in [0.1, 0.15) is 26.3 Å². The molecule has 0 saturated heterocycles. The zero-order valence-electron chi connectivity index (χ0n) is 19.2. The molecule has 0 aliphatic rings. The number of hydrogen-bond donors (Lipinski definition) is 2. The van der Waals surface area contributed by atoms with Crippen LogP contribution in [0.3, 0.4) is 0 Å². The topological polar surface area (TPSA) is 134 Å². The van der Waals surface area contributed by atoms with Crippen LogP contribution in [0.25, 0.3) is 0 Å². The maximum atomic E-state index is 13.0. The van der Waals surface area contributed by atoms with Crippen molar-refractivity contribution in [1.29, 1.82) is 0 Å². The fourth-order valence-corrected chi connectivity index (χ4v) is 4.54. The summed E-state index contributed by atoms with van der Waals surface area (Å²) in [7, 11) is 0.599. The first-order chi connectivity index (χ1) is 16.7. The molecular weight excluding hydrogens is 492 g/mol. The van der Waals surface area contributed by atoms with Gasteiger partial charge in [0, 0.05) is 17.0 Å². The Labute approximate surface area is 207 Å². The van der Waals surface area contributed by atoms with Crippen LogP contribution >= 0.6 is 11.8 Å². The summed E-state index contributed by atoms with van der Waals surface area (Å²) in [6.45, 7) is 0.156. The number of carbonyl (C=O) groups is 2. The molecule has 3 N–H and O–H groups in total. The van der Waals surface area contributed by atoms with E-state index in [1.54, 1.807) is 48.5 Å². The molecule has 0 fully saturated rings. The van der Waals surface area contributed by atoms with Gasteiger partial charge in [-0.2, -0.15) is 0 Å². The van der Waals surface area contributed by atoms with E-state index in [-0.39, 0.29) is 22.5 Å². The van der Waals surface area contributed by atoms with Gasteiger partial charge in [0.15, 0.2) is 11.5 Å². The minimum atomic E-state index is -3.79. The SMILES string of the molecule is COc1cc(C(=O)Sc2ccccc2C(=O)NCc2ccc(S(N)(=O)=O)cc2)cc(OC)c1OC. The van der Waals surface area contributed by atoms with E-state index < -0.39 is 10.0 Å². The van der Waals surface area contributed by atoms with Gasteiger partial charge in [-0.25, -0.2) is 13.6 Å². The largest absolute Gasteiger partial charge is 0.493 e. The lowest BCUT2D eigenvalue weighted by Crippen LogP contribution is -2.23. The van der Waals surface area contributed by atoms with E-state index in [0.29, 0.717) is 38.8 Å². The van der Waals surface area contributed by atoms with Crippen LogP contribution in [0, 0.1) is 0 Å². The van der Waals surface area contributed by atoms with Crippen molar-refractivity contribution in [3.8, 4) is 17.2 Å². The van der Waals surface area contributed by atoms with Crippen molar-refractivity contribution in [3.05, 3.63) is 77.4 Å². The lowest BCUT2D eigenvalue weighted by Gasteiger charge is -2.14. The van der Waals surface area contributed by atoms with E-state index >= 15 is 0 Å².